The Morgan fingerprint density at radius 1 is 0.644 bits per heavy atom. The highest BCUT2D eigenvalue weighted by atomic mass is 16.3. The van der Waals surface area contributed by atoms with Crippen molar-refractivity contribution in [3.63, 3.8) is 0 Å². The summed E-state index contributed by atoms with van der Waals surface area (Å²) < 4.78 is 10.5. The van der Waals surface area contributed by atoms with Crippen molar-refractivity contribution in [2.24, 2.45) is 29.6 Å². The number of carbonyl (C=O) groups is 7. The van der Waals surface area contributed by atoms with Gasteiger partial charge in [0.1, 0.15) is 36.3 Å². The fraction of sp³-hybridized carbons (Fsp3) is 0.651. The minimum absolute atomic E-state index is 0.0365. The third-order valence-corrected chi connectivity index (χ3v) is 11.3. The standard InChI is InChI=1S/C43H67N7O9/c1-13-27(8)36-40(54)45-34(25(4)5)39(53)46-35(26(6)7)43(57)50(12)33(20-30-15-17-59-23-30)38(52)44-32(18-24(2)3)42(56)49(11)28(9)41(55)48(10)21-31(37(51)47-36)19-29-14-16-58-22-29/h14-17,22-28,31-36H,13,18-21H2,1-12H3,(H,44,52)(H,45,54)(H,46,53)(H,47,51)/t27-,28+,31+,32+,33+,34-,35+,36?/m1/s1. The van der Waals surface area contributed by atoms with Crippen LogP contribution >= 0.6 is 0 Å². The largest absolute Gasteiger partial charge is 0.472 e. The van der Waals surface area contributed by atoms with Crippen molar-refractivity contribution in [1.29, 1.82) is 0 Å². The van der Waals surface area contributed by atoms with E-state index in [1.165, 1.54) is 53.8 Å². The Balaban J connectivity index is 2.17. The first-order valence-corrected chi connectivity index (χ1v) is 20.7. The van der Waals surface area contributed by atoms with Gasteiger partial charge in [-0.1, -0.05) is 61.8 Å². The Labute approximate surface area is 348 Å². The van der Waals surface area contributed by atoms with Crippen LogP contribution < -0.4 is 21.3 Å². The van der Waals surface area contributed by atoms with Crippen LogP contribution in [0.3, 0.4) is 0 Å². The molecule has 1 saturated heterocycles. The van der Waals surface area contributed by atoms with Crippen molar-refractivity contribution in [2.45, 2.75) is 124 Å². The molecule has 1 fully saturated rings. The van der Waals surface area contributed by atoms with Crippen LogP contribution in [-0.2, 0) is 46.4 Å². The molecule has 0 aromatic carbocycles. The molecule has 3 rings (SSSR count). The van der Waals surface area contributed by atoms with Crippen molar-refractivity contribution in [3.8, 4) is 0 Å². The Morgan fingerprint density at radius 2 is 1.17 bits per heavy atom. The molecule has 16 nitrogen and oxygen atoms in total. The van der Waals surface area contributed by atoms with Gasteiger partial charge in [-0.25, -0.2) is 0 Å². The maximum atomic E-state index is 14.4. The van der Waals surface area contributed by atoms with Crippen LogP contribution in [0.5, 0.6) is 0 Å². The molecule has 4 N–H and O–H groups in total. The summed E-state index contributed by atoms with van der Waals surface area (Å²) in [5.41, 5.74) is 1.33. The molecule has 0 bridgehead atoms. The third-order valence-electron chi connectivity index (χ3n) is 11.3. The summed E-state index contributed by atoms with van der Waals surface area (Å²) in [6, 6.07) is -3.07. The van der Waals surface area contributed by atoms with Gasteiger partial charge in [-0.2, -0.15) is 0 Å². The summed E-state index contributed by atoms with van der Waals surface area (Å²) in [6.45, 7) is 16.1. The molecular weight excluding hydrogens is 759 g/mol. The average Bonchev–Trinajstić information content (AvgIpc) is 3.91. The lowest BCUT2D eigenvalue weighted by atomic mass is 9.94. The van der Waals surface area contributed by atoms with Crippen molar-refractivity contribution in [2.75, 3.05) is 27.7 Å². The maximum absolute atomic E-state index is 14.4. The van der Waals surface area contributed by atoms with Gasteiger partial charge in [0, 0.05) is 34.1 Å². The molecular formula is C43H67N7O9. The second kappa shape index (κ2) is 21.7. The van der Waals surface area contributed by atoms with Gasteiger partial charge < -0.3 is 44.8 Å². The zero-order chi connectivity index (χ0) is 44.3. The van der Waals surface area contributed by atoms with Crippen molar-refractivity contribution in [1.82, 2.24) is 36.0 Å². The number of hydrogen-bond acceptors (Lipinski definition) is 9. The van der Waals surface area contributed by atoms with Gasteiger partial charge in [-0.15, -0.1) is 0 Å². The van der Waals surface area contributed by atoms with Crippen LogP contribution in [0.1, 0.15) is 86.3 Å². The Morgan fingerprint density at radius 3 is 1.68 bits per heavy atom. The first-order chi connectivity index (χ1) is 27.7. The molecule has 0 spiro atoms. The number of nitrogens with zero attached hydrogens (tertiary/aromatic N) is 3. The van der Waals surface area contributed by atoms with E-state index in [0.29, 0.717) is 17.5 Å². The van der Waals surface area contributed by atoms with E-state index in [0.717, 1.165) is 0 Å². The van der Waals surface area contributed by atoms with Crippen molar-refractivity contribution >= 4 is 41.4 Å². The van der Waals surface area contributed by atoms with Crippen LogP contribution in [0.25, 0.3) is 0 Å². The van der Waals surface area contributed by atoms with Gasteiger partial charge in [0.25, 0.3) is 0 Å². The van der Waals surface area contributed by atoms with Crippen LogP contribution in [-0.4, -0.2) is 120 Å². The highest BCUT2D eigenvalue weighted by Gasteiger charge is 2.40. The Hall–Kier alpha value is -5.15. The van der Waals surface area contributed by atoms with E-state index < -0.39 is 95.4 Å². The van der Waals surface area contributed by atoms with Gasteiger partial charge in [-0.3, -0.25) is 33.6 Å². The highest BCUT2D eigenvalue weighted by Crippen LogP contribution is 2.19. The zero-order valence-corrected chi connectivity index (χ0v) is 36.9. The Kier molecular flexibility index (Phi) is 17.8. The predicted octanol–water partition coefficient (Wildman–Crippen LogP) is 2.76. The lowest BCUT2D eigenvalue weighted by molar-refractivity contribution is -0.147. The first kappa shape index (κ1) is 48.2. The third kappa shape index (κ3) is 12.9. The molecule has 0 aliphatic carbocycles. The normalized spacial score (nSPS) is 26.1. The second-order valence-electron chi connectivity index (χ2n) is 17.2. The molecule has 0 saturated carbocycles. The van der Waals surface area contributed by atoms with Crippen LogP contribution in [0.4, 0.5) is 0 Å². The van der Waals surface area contributed by atoms with Crippen LogP contribution in [0.2, 0.25) is 0 Å². The molecule has 1 aliphatic rings. The first-order valence-electron chi connectivity index (χ1n) is 20.7. The summed E-state index contributed by atoms with van der Waals surface area (Å²) >= 11 is 0. The van der Waals surface area contributed by atoms with Crippen molar-refractivity contribution < 1.29 is 42.4 Å². The summed E-state index contributed by atoms with van der Waals surface area (Å²) in [7, 11) is 4.50. The number of rotatable bonds is 10. The zero-order valence-electron chi connectivity index (χ0n) is 36.9. The van der Waals surface area contributed by atoms with E-state index in [2.05, 4.69) is 21.3 Å². The van der Waals surface area contributed by atoms with Gasteiger partial charge in [0.05, 0.1) is 31.0 Å². The van der Waals surface area contributed by atoms with Crippen LogP contribution in [0.15, 0.2) is 46.0 Å². The fourth-order valence-electron chi connectivity index (χ4n) is 7.15. The fourth-order valence-corrected chi connectivity index (χ4v) is 7.15. The summed E-state index contributed by atoms with van der Waals surface area (Å²) in [4.78, 5) is 103. The van der Waals surface area contributed by atoms with Gasteiger partial charge in [-0.05, 0) is 66.7 Å². The predicted molar refractivity (Wildman–Crippen MR) is 221 cm³/mol. The lowest BCUT2D eigenvalue weighted by Gasteiger charge is -2.36. The summed E-state index contributed by atoms with van der Waals surface area (Å²) in [5.74, 6) is -5.94. The smallest absolute Gasteiger partial charge is 0.245 e. The quantitative estimate of drug-likeness (QED) is 0.278. The highest BCUT2D eigenvalue weighted by molar-refractivity contribution is 5.97. The summed E-state index contributed by atoms with van der Waals surface area (Å²) in [6.07, 6.45) is 6.87. The van der Waals surface area contributed by atoms with E-state index in [9.17, 15) is 33.6 Å². The lowest BCUT2D eigenvalue weighted by Crippen LogP contribution is -2.62. The summed E-state index contributed by atoms with van der Waals surface area (Å²) in [5, 5.41) is 11.5. The topological polar surface area (TPSA) is 204 Å². The van der Waals surface area contributed by atoms with Gasteiger partial charge in [0.15, 0.2) is 0 Å². The van der Waals surface area contributed by atoms with Crippen LogP contribution in [0, 0.1) is 29.6 Å². The maximum Gasteiger partial charge on any atom is 0.245 e. The second-order valence-corrected chi connectivity index (χ2v) is 17.2. The SMILES string of the molecule is CC[C@@H](C)C1NC(=O)[C@@H](Cc2ccoc2)CN(C)C(=O)[C@H](C)N(C)C(=O)[C@H](CC(C)C)NC(=O)[C@H](Cc2ccoc2)N(C)C(=O)[C@H](C(C)C)NC(=O)[C@@H](C(C)C)NC1=O. The molecule has 2 aromatic heterocycles. The Bertz CT molecular complexity index is 1730. The van der Waals surface area contributed by atoms with E-state index in [1.807, 2.05) is 27.7 Å². The number of amides is 7. The molecule has 7 amide bonds. The number of carbonyl (C=O) groups excluding carboxylic acids is 7. The molecule has 8 atom stereocenters. The number of likely N-dealkylation sites (N-methyl/N-ethyl adjacent to an activating group) is 3. The van der Waals surface area contributed by atoms with Gasteiger partial charge >= 0.3 is 0 Å². The molecule has 1 aliphatic heterocycles. The molecule has 2 aromatic rings. The minimum atomic E-state index is -1.14. The van der Waals surface area contributed by atoms with E-state index in [-0.39, 0.29) is 37.6 Å². The minimum Gasteiger partial charge on any atom is -0.472 e. The number of furan rings is 2. The van der Waals surface area contributed by atoms with Crippen molar-refractivity contribution in [3.05, 3.63) is 48.3 Å². The molecule has 59 heavy (non-hydrogen) atoms. The molecule has 328 valence electrons. The van der Waals surface area contributed by atoms with E-state index in [4.69, 9.17) is 8.83 Å². The molecule has 0 radical (unpaired) electrons. The monoisotopic (exact) mass is 826 g/mol. The van der Waals surface area contributed by atoms with E-state index >= 15 is 0 Å². The number of nitrogens with one attached hydrogen (secondary N) is 4. The average molecular weight is 826 g/mol. The van der Waals surface area contributed by atoms with E-state index in [1.54, 1.807) is 53.8 Å². The molecule has 1 unspecified atom stereocenters. The van der Waals surface area contributed by atoms with Gasteiger partial charge in [0.2, 0.25) is 41.4 Å². The molecule has 16 heteroatoms. The number of hydrogen-bond donors (Lipinski definition) is 4. The molecule has 3 heterocycles.